The number of nitrogens with zero attached hydrogens (tertiary/aromatic N) is 1. The first kappa shape index (κ1) is 17.4. The number of hydrogen-bond donors (Lipinski definition) is 1. The van der Waals surface area contributed by atoms with Crippen LogP contribution in [0.25, 0.3) is 0 Å². The van der Waals surface area contributed by atoms with Crippen LogP contribution in [0.15, 0.2) is 47.4 Å². The highest BCUT2D eigenvalue weighted by atomic mass is 32.2. The Hall–Kier alpha value is -1.92. The summed E-state index contributed by atoms with van der Waals surface area (Å²) >= 11 is 0. The third-order valence-electron chi connectivity index (χ3n) is 3.60. The maximum absolute atomic E-state index is 13.3. The maximum Gasteiger partial charge on any atom is 0.240 e. The monoisotopic (exact) mass is 336 g/mol. The number of benzene rings is 2. The molecule has 0 spiro atoms. The summed E-state index contributed by atoms with van der Waals surface area (Å²) in [5.41, 5.74) is 2.65. The van der Waals surface area contributed by atoms with Crippen LogP contribution in [0.1, 0.15) is 11.1 Å². The average molecular weight is 336 g/mol. The van der Waals surface area contributed by atoms with E-state index in [2.05, 4.69) is 4.72 Å². The van der Waals surface area contributed by atoms with E-state index < -0.39 is 15.8 Å². The van der Waals surface area contributed by atoms with E-state index in [1.165, 1.54) is 12.1 Å². The maximum atomic E-state index is 13.3. The van der Waals surface area contributed by atoms with E-state index in [0.717, 1.165) is 17.3 Å². The van der Waals surface area contributed by atoms with Crippen molar-refractivity contribution in [2.75, 3.05) is 25.5 Å². The summed E-state index contributed by atoms with van der Waals surface area (Å²) in [5.74, 6) is -0.560. The van der Waals surface area contributed by atoms with Crippen molar-refractivity contribution in [3.05, 3.63) is 59.4 Å². The average Bonchev–Trinajstić information content (AvgIpc) is 2.50. The van der Waals surface area contributed by atoms with Crippen LogP contribution in [0.4, 0.5) is 10.1 Å². The lowest BCUT2D eigenvalue weighted by atomic mass is 10.1. The zero-order chi connectivity index (χ0) is 17.0. The fourth-order valence-corrected chi connectivity index (χ4v) is 3.52. The van der Waals surface area contributed by atoms with Gasteiger partial charge >= 0.3 is 0 Å². The lowest BCUT2D eigenvalue weighted by Crippen LogP contribution is -2.26. The Bertz CT molecular complexity index is 772. The molecule has 2 aromatic carbocycles. The molecule has 0 aromatic heterocycles. The molecule has 0 atom stereocenters. The van der Waals surface area contributed by atoms with E-state index in [9.17, 15) is 12.8 Å². The number of nitrogens with one attached hydrogen (secondary N) is 1. The molecule has 0 aliphatic rings. The first-order chi connectivity index (χ1) is 10.8. The molecule has 2 aromatic rings. The number of halogens is 1. The SMILES string of the molecule is Cc1ccc(F)cc1S(=O)(=O)NCCc1ccc(N(C)C)cc1. The molecule has 0 heterocycles. The molecule has 6 heteroatoms. The van der Waals surface area contributed by atoms with Crippen molar-refractivity contribution < 1.29 is 12.8 Å². The van der Waals surface area contributed by atoms with Crippen LogP contribution in [-0.4, -0.2) is 29.1 Å². The number of rotatable bonds is 6. The minimum atomic E-state index is -3.70. The number of sulfonamides is 1. The summed E-state index contributed by atoms with van der Waals surface area (Å²) in [6.07, 6.45) is 0.571. The number of anilines is 1. The Morgan fingerprint density at radius 1 is 1.09 bits per heavy atom. The van der Waals surface area contributed by atoms with Gasteiger partial charge < -0.3 is 4.90 Å². The summed E-state index contributed by atoms with van der Waals surface area (Å²) in [4.78, 5) is 1.99. The molecule has 0 bridgehead atoms. The normalized spacial score (nSPS) is 11.5. The van der Waals surface area contributed by atoms with Gasteiger partial charge in [-0.15, -0.1) is 0 Å². The van der Waals surface area contributed by atoms with E-state index in [4.69, 9.17) is 0 Å². The van der Waals surface area contributed by atoms with Crippen molar-refractivity contribution in [1.82, 2.24) is 4.72 Å². The second-order valence-corrected chi connectivity index (χ2v) is 7.35. The van der Waals surface area contributed by atoms with Gasteiger partial charge in [-0.05, 0) is 48.7 Å². The molecule has 0 aliphatic carbocycles. The first-order valence-corrected chi connectivity index (χ1v) is 8.80. The highest BCUT2D eigenvalue weighted by Crippen LogP contribution is 2.16. The predicted octanol–water partition coefficient (Wildman–Crippen LogP) is 2.72. The Morgan fingerprint density at radius 2 is 1.74 bits per heavy atom. The summed E-state index contributed by atoms with van der Waals surface area (Å²) < 4.78 is 40.3. The molecule has 23 heavy (non-hydrogen) atoms. The molecule has 0 saturated heterocycles. The molecule has 0 saturated carbocycles. The molecule has 2 rings (SSSR count). The van der Waals surface area contributed by atoms with Crippen molar-refractivity contribution in [2.45, 2.75) is 18.2 Å². The predicted molar refractivity (Wildman–Crippen MR) is 90.8 cm³/mol. The van der Waals surface area contributed by atoms with Crippen LogP contribution < -0.4 is 9.62 Å². The lowest BCUT2D eigenvalue weighted by molar-refractivity contribution is 0.576. The van der Waals surface area contributed by atoms with Gasteiger partial charge in [0, 0.05) is 26.3 Å². The smallest absolute Gasteiger partial charge is 0.240 e. The fourth-order valence-electron chi connectivity index (χ4n) is 2.23. The molecular formula is C17H21FN2O2S. The minimum Gasteiger partial charge on any atom is -0.378 e. The Balaban J connectivity index is 2.01. The van der Waals surface area contributed by atoms with Crippen LogP contribution in [0.2, 0.25) is 0 Å². The number of aryl methyl sites for hydroxylation is 1. The van der Waals surface area contributed by atoms with Gasteiger partial charge in [-0.3, -0.25) is 0 Å². The molecule has 0 amide bonds. The third-order valence-corrected chi connectivity index (χ3v) is 5.20. The Kier molecular flexibility index (Phi) is 5.38. The van der Waals surface area contributed by atoms with Crippen molar-refractivity contribution >= 4 is 15.7 Å². The third kappa shape index (κ3) is 4.53. The van der Waals surface area contributed by atoms with Gasteiger partial charge in [0.25, 0.3) is 0 Å². The summed E-state index contributed by atoms with van der Waals surface area (Å²) in [7, 11) is 0.222. The highest BCUT2D eigenvalue weighted by molar-refractivity contribution is 7.89. The van der Waals surface area contributed by atoms with Crippen molar-refractivity contribution in [2.24, 2.45) is 0 Å². The number of hydrogen-bond acceptors (Lipinski definition) is 3. The molecule has 124 valence electrons. The van der Waals surface area contributed by atoms with Gasteiger partial charge in [-0.2, -0.15) is 0 Å². The van der Waals surface area contributed by atoms with Gasteiger partial charge in [0.2, 0.25) is 10.0 Å². The van der Waals surface area contributed by atoms with Gasteiger partial charge in [0.05, 0.1) is 4.90 Å². The zero-order valence-corrected chi connectivity index (χ0v) is 14.3. The van der Waals surface area contributed by atoms with E-state index in [0.29, 0.717) is 12.0 Å². The van der Waals surface area contributed by atoms with Crippen LogP contribution in [0.3, 0.4) is 0 Å². The van der Waals surface area contributed by atoms with E-state index in [-0.39, 0.29) is 11.4 Å². The van der Waals surface area contributed by atoms with Crippen molar-refractivity contribution in [3.8, 4) is 0 Å². The van der Waals surface area contributed by atoms with Crippen LogP contribution in [0, 0.1) is 12.7 Å². The minimum absolute atomic E-state index is 0.0135. The van der Waals surface area contributed by atoms with Crippen LogP contribution in [0.5, 0.6) is 0 Å². The first-order valence-electron chi connectivity index (χ1n) is 7.32. The Labute approximate surface area is 137 Å². The highest BCUT2D eigenvalue weighted by Gasteiger charge is 2.17. The quantitative estimate of drug-likeness (QED) is 0.882. The topological polar surface area (TPSA) is 49.4 Å². The van der Waals surface area contributed by atoms with Gasteiger partial charge in [0.15, 0.2) is 0 Å². The zero-order valence-electron chi connectivity index (χ0n) is 13.5. The van der Waals surface area contributed by atoms with E-state index in [1.54, 1.807) is 6.92 Å². The molecule has 0 radical (unpaired) electrons. The van der Waals surface area contributed by atoms with Gasteiger partial charge in [-0.25, -0.2) is 17.5 Å². The summed E-state index contributed by atoms with van der Waals surface area (Å²) in [5, 5.41) is 0. The van der Waals surface area contributed by atoms with E-state index >= 15 is 0 Å². The van der Waals surface area contributed by atoms with Crippen molar-refractivity contribution in [1.29, 1.82) is 0 Å². The Morgan fingerprint density at radius 3 is 2.35 bits per heavy atom. The lowest BCUT2D eigenvalue weighted by Gasteiger charge is -2.13. The van der Waals surface area contributed by atoms with Crippen LogP contribution in [-0.2, 0) is 16.4 Å². The molecular weight excluding hydrogens is 315 g/mol. The van der Waals surface area contributed by atoms with Crippen LogP contribution >= 0.6 is 0 Å². The molecule has 4 nitrogen and oxygen atoms in total. The summed E-state index contributed by atoms with van der Waals surface area (Å²) in [6, 6.07) is 11.7. The molecule has 1 N–H and O–H groups in total. The van der Waals surface area contributed by atoms with E-state index in [1.807, 2.05) is 43.3 Å². The summed E-state index contributed by atoms with van der Waals surface area (Å²) in [6.45, 7) is 1.91. The largest absolute Gasteiger partial charge is 0.378 e. The second kappa shape index (κ2) is 7.10. The van der Waals surface area contributed by atoms with Crippen molar-refractivity contribution in [3.63, 3.8) is 0 Å². The molecule has 0 fully saturated rings. The molecule has 0 aliphatic heterocycles. The van der Waals surface area contributed by atoms with Gasteiger partial charge in [-0.1, -0.05) is 18.2 Å². The fraction of sp³-hybridized carbons (Fsp3) is 0.294. The van der Waals surface area contributed by atoms with Gasteiger partial charge in [0.1, 0.15) is 5.82 Å². The standard InChI is InChI=1S/C17H21FN2O2S/c1-13-4-7-15(18)12-17(13)23(21,22)19-11-10-14-5-8-16(9-6-14)20(2)3/h4-9,12,19H,10-11H2,1-3H3. The second-order valence-electron chi connectivity index (χ2n) is 5.62. The molecule has 0 unspecified atom stereocenters.